The molecule has 2 saturated heterocycles. The van der Waals surface area contributed by atoms with Crippen LogP contribution in [0.5, 0.6) is 5.75 Å². The van der Waals surface area contributed by atoms with Gasteiger partial charge in [-0.25, -0.2) is 0 Å². The molecule has 0 spiro atoms. The van der Waals surface area contributed by atoms with Gasteiger partial charge in [-0.15, -0.1) is 0 Å². The number of piperidine rings is 1. The maximum Gasteiger partial charge on any atom is 0.166 e. The van der Waals surface area contributed by atoms with Crippen molar-refractivity contribution in [1.29, 1.82) is 0 Å². The van der Waals surface area contributed by atoms with Crippen molar-refractivity contribution >= 4 is 16.6 Å². The molecule has 4 heteroatoms. The van der Waals surface area contributed by atoms with E-state index in [0.717, 1.165) is 41.5 Å². The third kappa shape index (κ3) is 3.73. The average molecular weight is 402 g/mol. The van der Waals surface area contributed by atoms with Crippen LogP contribution >= 0.6 is 0 Å². The van der Waals surface area contributed by atoms with Crippen LogP contribution in [0.1, 0.15) is 28.8 Å². The second kappa shape index (κ2) is 8.21. The zero-order valence-corrected chi connectivity index (χ0v) is 17.3. The minimum atomic E-state index is 0.0617. The Labute approximate surface area is 177 Å². The molecule has 3 aromatic carbocycles. The van der Waals surface area contributed by atoms with Crippen molar-refractivity contribution in [2.75, 3.05) is 20.3 Å². The van der Waals surface area contributed by atoms with Crippen molar-refractivity contribution in [2.24, 2.45) is 5.92 Å². The Bertz CT molecular complexity index is 1030. The van der Waals surface area contributed by atoms with Crippen molar-refractivity contribution in [1.82, 2.24) is 4.90 Å². The molecule has 2 aliphatic rings. The zero-order chi connectivity index (χ0) is 20.5. The number of ether oxygens (including phenoxy) is 2. The maximum atomic E-state index is 13.4. The van der Waals surface area contributed by atoms with Crippen molar-refractivity contribution in [3.05, 3.63) is 77.9 Å². The van der Waals surface area contributed by atoms with E-state index in [1.54, 1.807) is 7.11 Å². The molecule has 2 heterocycles. The van der Waals surface area contributed by atoms with Gasteiger partial charge in [-0.05, 0) is 47.4 Å². The summed E-state index contributed by atoms with van der Waals surface area (Å²) >= 11 is 0. The molecule has 0 amide bonds. The van der Waals surface area contributed by atoms with Crippen molar-refractivity contribution in [3.8, 4) is 5.75 Å². The number of hydrogen-bond acceptors (Lipinski definition) is 4. The first-order valence-electron chi connectivity index (χ1n) is 10.7. The molecule has 30 heavy (non-hydrogen) atoms. The molecule has 4 nitrogen and oxygen atoms in total. The van der Waals surface area contributed by atoms with E-state index in [9.17, 15) is 4.79 Å². The van der Waals surface area contributed by atoms with Crippen molar-refractivity contribution in [3.63, 3.8) is 0 Å². The Morgan fingerprint density at radius 2 is 1.67 bits per heavy atom. The van der Waals surface area contributed by atoms with Crippen LogP contribution in [-0.2, 0) is 11.3 Å². The topological polar surface area (TPSA) is 38.8 Å². The summed E-state index contributed by atoms with van der Waals surface area (Å²) in [6.45, 7) is 2.35. The normalized spacial score (nSPS) is 24.0. The minimum Gasteiger partial charge on any atom is -0.497 e. The van der Waals surface area contributed by atoms with E-state index in [2.05, 4.69) is 35.2 Å². The third-order valence-corrected chi connectivity index (χ3v) is 6.58. The van der Waals surface area contributed by atoms with Gasteiger partial charge in [0.2, 0.25) is 0 Å². The zero-order valence-electron chi connectivity index (χ0n) is 17.3. The fourth-order valence-corrected chi connectivity index (χ4v) is 5.00. The third-order valence-electron chi connectivity index (χ3n) is 6.58. The lowest BCUT2D eigenvalue weighted by atomic mass is 9.80. The van der Waals surface area contributed by atoms with Crippen LogP contribution < -0.4 is 4.74 Å². The Balaban J connectivity index is 1.34. The fourth-order valence-electron chi connectivity index (χ4n) is 5.00. The van der Waals surface area contributed by atoms with Crippen molar-refractivity contribution < 1.29 is 14.3 Å². The van der Waals surface area contributed by atoms with E-state index in [1.807, 2.05) is 36.4 Å². The highest BCUT2D eigenvalue weighted by Gasteiger charge is 2.41. The molecule has 2 aliphatic heterocycles. The van der Waals surface area contributed by atoms with Gasteiger partial charge >= 0.3 is 0 Å². The summed E-state index contributed by atoms with van der Waals surface area (Å²) in [7, 11) is 1.67. The fraction of sp³-hybridized carbons (Fsp3) is 0.346. The SMILES string of the molecule is COc1ccc2cc(C(=O)C3CC4COCC(C3)N4Cc3ccccc3)ccc2c1. The summed E-state index contributed by atoms with van der Waals surface area (Å²) in [5, 5.41) is 2.17. The summed E-state index contributed by atoms with van der Waals surface area (Å²) in [6.07, 6.45) is 1.73. The van der Waals surface area contributed by atoms with Gasteiger partial charge in [-0.3, -0.25) is 9.69 Å². The molecule has 5 rings (SSSR count). The molecule has 3 aromatic rings. The smallest absolute Gasteiger partial charge is 0.166 e. The van der Waals surface area contributed by atoms with E-state index >= 15 is 0 Å². The molecule has 0 saturated carbocycles. The Morgan fingerprint density at radius 3 is 2.40 bits per heavy atom. The summed E-state index contributed by atoms with van der Waals surface area (Å²) in [5.41, 5.74) is 2.14. The molecule has 2 unspecified atom stereocenters. The van der Waals surface area contributed by atoms with Crippen LogP contribution in [-0.4, -0.2) is 43.1 Å². The van der Waals surface area contributed by atoms with E-state index < -0.39 is 0 Å². The molecule has 0 radical (unpaired) electrons. The van der Waals surface area contributed by atoms with Gasteiger partial charge < -0.3 is 9.47 Å². The number of ketones is 1. The van der Waals surface area contributed by atoms with Crippen LogP contribution in [0.3, 0.4) is 0 Å². The lowest BCUT2D eigenvalue weighted by Crippen LogP contribution is -2.57. The Kier molecular flexibility index (Phi) is 5.28. The Hall–Kier alpha value is -2.69. The number of methoxy groups -OCH3 is 1. The molecule has 0 aliphatic carbocycles. The molecule has 2 fully saturated rings. The Morgan fingerprint density at radius 1 is 0.967 bits per heavy atom. The van der Waals surface area contributed by atoms with Gasteiger partial charge in [0.25, 0.3) is 0 Å². The monoisotopic (exact) mass is 401 g/mol. The number of fused-ring (bicyclic) bond motifs is 3. The molecule has 2 atom stereocenters. The number of nitrogens with zero attached hydrogens (tertiary/aromatic N) is 1. The van der Waals surface area contributed by atoms with Crippen molar-refractivity contribution in [2.45, 2.75) is 31.5 Å². The highest BCUT2D eigenvalue weighted by molar-refractivity contribution is 6.01. The number of benzene rings is 3. The number of Topliss-reactive ketones (excluding diaryl/α,β-unsaturated/α-hetero) is 1. The van der Waals surface area contributed by atoms with Crippen LogP contribution in [0.4, 0.5) is 0 Å². The molecular formula is C26H27NO3. The summed E-state index contributed by atoms with van der Waals surface area (Å²) in [4.78, 5) is 15.9. The van der Waals surface area contributed by atoms with E-state index in [4.69, 9.17) is 9.47 Å². The summed E-state index contributed by atoms with van der Waals surface area (Å²) < 4.78 is 11.2. The van der Waals surface area contributed by atoms with Gasteiger partial charge in [0.05, 0.1) is 20.3 Å². The van der Waals surface area contributed by atoms with Gasteiger partial charge in [0.15, 0.2) is 5.78 Å². The predicted octanol–water partition coefficient (Wildman–Crippen LogP) is 4.71. The van der Waals surface area contributed by atoms with E-state index in [1.165, 1.54) is 5.56 Å². The summed E-state index contributed by atoms with van der Waals surface area (Å²) in [6, 6.07) is 23.2. The molecule has 0 N–H and O–H groups in total. The number of hydrogen-bond donors (Lipinski definition) is 0. The average Bonchev–Trinajstić information content (AvgIpc) is 2.78. The minimum absolute atomic E-state index is 0.0617. The molecule has 2 bridgehead atoms. The van der Waals surface area contributed by atoms with Crippen LogP contribution in [0.25, 0.3) is 10.8 Å². The number of carbonyl (C=O) groups is 1. The highest BCUT2D eigenvalue weighted by atomic mass is 16.5. The second-order valence-corrected chi connectivity index (χ2v) is 8.46. The first-order chi connectivity index (χ1) is 14.7. The molecule has 154 valence electrons. The standard InChI is InChI=1S/C26H27NO3/c1-29-25-10-9-19-11-21(8-7-20(19)14-25)26(28)22-12-23-16-30-17-24(13-22)27(23)15-18-5-3-2-4-6-18/h2-11,14,22-24H,12-13,15-17H2,1H3. The lowest BCUT2D eigenvalue weighted by molar-refractivity contribution is -0.0872. The summed E-state index contributed by atoms with van der Waals surface area (Å²) in [5.74, 6) is 1.16. The quantitative estimate of drug-likeness (QED) is 0.581. The lowest BCUT2D eigenvalue weighted by Gasteiger charge is -2.48. The first kappa shape index (κ1) is 19.3. The van der Waals surface area contributed by atoms with Gasteiger partial charge in [-0.2, -0.15) is 0 Å². The van der Waals surface area contributed by atoms with Gasteiger partial charge in [-0.1, -0.05) is 48.5 Å². The number of rotatable bonds is 5. The largest absolute Gasteiger partial charge is 0.497 e. The van der Waals surface area contributed by atoms with E-state index in [0.29, 0.717) is 25.3 Å². The highest BCUT2D eigenvalue weighted by Crippen LogP contribution is 2.35. The number of morpholine rings is 1. The first-order valence-corrected chi connectivity index (χ1v) is 10.7. The van der Waals surface area contributed by atoms with Crippen LogP contribution in [0, 0.1) is 5.92 Å². The van der Waals surface area contributed by atoms with E-state index in [-0.39, 0.29) is 11.7 Å². The van der Waals surface area contributed by atoms with Gasteiger partial charge in [0.1, 0.15) is 5.75 Å². The van der Waals surface area contributed by atoms with Crippen LogP contribution in [0.2, 0.25) is 0 Å². The second-order valence-electron chi connectivity index (χ2n) is 8.46. The molecule has 0 aromatic heterocycles. The number of carbonyl (C=O) groups excluding carboxylic acids is 1. The molecular weight excluding hydrogens is 374 g/mol. The predicted molar refractivity (Wildman–Crippen MR) is 118 cm³/mol. The van der Waals surface area contributed by atoms with Gasteiger partial charge in [0, 0.05) is 30.1 Å². The maximum absolute atomic E-state index is 13.4. The van der Waals surface area contributed by atoms with Crippen LogP contribution in [0.15, 0.2) is 66.7 Å².